The first-order valence-corrected chi connectivity index (χ1v) is 12.7. The lowest BCUT2D eigenvalue weighted by Crippen LogP contribution is -2.56. The summed E-state index contributed by atoms with van der Waals surface area (Å²) in [5.41, 5.74) is 2.51. The third kappa shape index (κ3) is 5.37. The summed E-state index contributed by atoms with van der Waals surface area (Å²) in [4.78, 5) is 17.5. The standard InChI is InChI=1S/C27H36ClN3O2/c1-3-30(4-2)23-14-8-20(9-15-23)26-24-7-5-6-16-27(24,33)17-18-31(26)19-25(32)29-22-12-10-21(28)11-13-22/h8-15,24,26,33H,3-7,16-19H2,1-2H3,(H,29,32)/t24-,26-,27-/m0/s1. The highest BCUT2D eigenvalue weighted by atomic mass is 35.5. The molecule has 3 atom stereocenters. The van der Waals surface area contributed by atoms with Crippen LogP contribution in [0.15, 0.2) is 48.5 Å². The largest absolute Gasteiger partial charge is 0.389 e. The summed E-state index contributed by atoms with van der Waals surface area (Å²) in [6, 6.07) is 16.0. The SMILES string of the molecule is CCN(CC)c1ccc([C@H]2[C@@H]3CCCC[C@]3(O)CCN2CC(=O)Nc2ccc(Cl)cc2)cc1. The molecule has 33 heavy (non-hydrogen) atoms. The molecule has 0 aromatic heterocycles. The highest BCUT2D eigenvalue weighted by molar-refractivity contribution is 6.30. The summed E-state index contributed by atoms with van der Waals surface area (Å²) in [5.74, 6) is 0.103. The molecule has 178 valence electrons. The first-order valence-electron chi connectivity index (χ1n) is 12.3. The van der Waals surface area contributed by atoms with E-state index in [0.717, 1.165) is 50.9 Å². The van der Waals surface area contributed by atoms with Crippen LogP contribution in [0.5, 0.6) is 0 Å². The van der Waals surface area contributed by atoms with E-state index in [1.54, 1.807) is 12.1 Å². The lowest BCUT2D eigenvalue weighted by molar-refractivity contribution is -0.135. The zero-order chi connectivity index (χ0) is 23.4. The van der Waals surface area contributed by atoms with Crippen LogP contribution in [0.25, 0.3) is 0 Å². The molecule has 0 bridgehead atoms. The number of piperidine rings is 1. The topological polar surface area (TPSA) is 55.8 Å². The maximum absolute atomic E-state index is 12.9. The van der Waals surface area contributed by atoms with Crippen LogP contribution in [0.3, 0.4) is 0 Å². The number of nitrogens with zero attached hydrogens (tertiary/aromatic N) is 2. The average molecular weight is 470 g/mol. The summed E-state index contributed by atoms with van der Waals surface area (Å²) in [5, 5.41) is 15.2. The quantitative estimate of drug-likeness (QED) is 0.562. The number of hydrogen-bond acceptors (Lipinski definition) is 4. The van der Waals surface area contributed by atoms with E-state index in [2.05, 4.69) is 53.2 Å². The monoisotopic (exact) mass is 469 g/mol. The van der Waals surface area contributed by atoms with Gasteiger partial charge in [-0.1, -0.05) is 36.6 Å². The van der Waals surface area contributed by atoms with Gasteiger partial charge in [0.05, 0.1) is 12.1 Å². The zero-order valence-electron chi connectivity index (χ0n) is 19.8. The number of halogens is 1. The molecule has 0 spiro atoms. The smallest absolute Gasteiger partial charge is 0.238 e. The van der Waals surface area contributed by atoms with Crippen molar-refractivity contribution in [1.29, 1.82) is 0 Å². The van der Waals surface area contributed by atoms with Gasteiger partial charge in [0.25, 0.3) is 0 Å². The van der Waals surface area contributed by atoms with Crippen molar-refractivity contribution in [2.75, 3.05) is 36.4 Å². The Bertz CT molecular complexity index is 929. The third-order valence-electron chi connectivity index (χ3n) is 7.51. The zero-order valence-corrected chi connectivity index (χ0v) is 20.5. The molecule has 2 fully saturated rings. The van der Waals surface area contributed by atoms with Crippen LogP contribution in [0.4, 0.5) is 11.4 Å². The van der Waals surface area contributed by atoms with Crippen molar-refractivity contribution in [2.45, 2.75) is 57.6 Å². The van der Waals surface area contributed by atoms with Crippen LogP contribution in [-0.4, -0.2) is 47.7 Å². The van der Waals surface area contributed by atoms with E-state index in [-0.39, 0.29) is 17.9 Å². The van der Waals surface area contributed by atoms with Gasteiger partial charge in [0.1, 0.15) is 0 Å². The molecule has 1 saturated heterocycles. The first-order chi connectivity index (χ1) is 15.9. The minimum Gasteiger partial charge on any atom is -0.389 e. The summed E-state index contributed by atoms with van der Waals surface area (Å²) in [6.45, 7) is 7.29. The van der Waals surface area contributed by atoms with Crippen molar-refractivity contribution < 1.29 is 9.90 Å². The lowest BCUT2D eigenvalue weighted by atomic mass is 9.66. The van der Waals surface area contributed by atoms with Crippen LogP contribution >= 0.6 is 11.6 Å². The third-order valence-corrected chi connectivity index (χ3v) is 7.76. The van der Waals surface area contributed by atoms with Gasteiger partial charge in [-0.2, -0.15) is 0 Å². The molecular formula is C27H36ClN3O2. The number of amides is 1. The van der Waals surface area contributed by atoms with Crippen molar-refractivity contribution in [3.8, 4) is 0 Å². The minimum atomic E-state index is -0.635. The molecule has 5 nitrogen and oxygen atoms in total. The second kappa shape index (κ2) is 10.5. The van der Waals surface area contributed by atoms with E-state index >= 15 is 0 Å². The molecule has 6 heteroatoms. The molecule has 0 unspecified atom stereocenters. The number of rotatable bonds is 7. The number of hydrogen-bond donors (Lipinski definition) is 2. The number of likely N-dealkylation sites (tertiary alicyclic amines) is 1. The minimum absolute atomic E-state index is 0.0331. The first kappa shape index (κ1) is 24.1. The number of benzene rings is 2. The fourth-order valence-electron chi connectivity index (χ4n) is 5.75. The fourth-order valence-corrected chi connectivity index (χ4v) is 5.88. The number of carbonyl (C=O) groups excluding carboxylic acids is 1. The Kier molecular flexibility index (Phi) is 7.62. The van der Waals surface area contributed by atoms with Gasteiger partial charge in [0.2, 0.25) is 5.91 Å². The Balaban J connectivity index is 1.57. The molecule has 2 aliphatic rings. The highest BCUT2D eigenvalue weighted by Gasteiger charge is 2.49. The summed E-state index contributed by atoms with van der Waals surface area (Å²) >= 11 is 5.97. The number of aliphatic hydroxyl groups is 1. The maximum Gasteiger partial charge on any atom is 0.238 e. The molecule has 1 aliphatic carbocycles. The van der Waals surface area contributed by atoms with Crippen molar-refractivity contribution in [1.82, 2.24) is 4.90 Å². The van der Waals surface area contributed by atoms with E-state index < -0.39 is 5.60 Å². The highest BCUT2D eigenvalue weighted by Crippen LogP contribution is 2.49. The van der Waals surface area contributed by atoms with E-state index in [1.165, 1.54) is 11.3 Å². The molecule has 2 aromatic carbocycles. The molecule has 2 N–H and O–H groups in total. The van der Waals surface area contributed by atoms with Crippen molar-refractivity contribution in [3.05, 3.63) is 59.1 Å². The molecule has 2 aromatic rings. The lowest BCUT2D eigenvalue weighted by Gasteiger charge is -2.52. The van der Waals surface area contributed by atoms with Gasteiger partial charge in [0, 0.05) is 48.0 Å². The average Bonchev–Trinajstić information content (AvgIpc) is 2.82. The summed E-state index contributed by atoms with van der Waals surface area (Å²) in [6.07, 6.45) is 4.79. The van der Waals surface area contributed by atoms with Gasteiger partial charge in [-0.15, -0.1) is 0 Å². The number of fused-ring (bicyclic) bond motifs is 1. The van der Waals surface area contributed by atoms with E-state index in [1.807, 2.05) is 12.1 Å². The van der Waals surface area contributed by atoms with Gasteiger partial charge in [-0.3, -0.25) is 9.69 Å². The van der Waals surface area contributed by atoms with Crippen molar-refractivity contribution >= 4 is 28.9 Å². The molecule has 1 heterocycles. The van der Waals surface area contributed by atoms with E-state index in [9.17, 15) is 9.90 Å². The maximum atomic E-state index is 12.9. The Morgan fingerprint density at radius 2 is 1.79 bits per heavy atom. The Hall–Kier alpha value is -2.08. The number of carbonyl (C=O) groups is 1. The van der Waals surface area contributed by atoms with Crippen LogP contribution in [0.1, 0.15) is 57.6 Å². The summed E-state index contributed by atoms with van der Waals surface area (Å²) < 4.78 is 0. The van der Waals surface area contributed by atoms with E-state index in [0.29, 0.717) is 18.1 Å². The van der Waals surface area contributed by atoms with Crippen LogP contribution in [0.2, 0.25) is 5.02 Å². The van der Waals surface area contributed by atoms with Crippen LogP contribution in [0, 0.1) is 5.92 Å². The normalized spacial score (nSPS) is 25.3. The predicted molar refractivity (Wildman–Crippen MR) is 136 cm³/mol. The fraction of sp³-hybridized carbons (Fsp3) is 0.519. The van der Waals surface area contributed by atoms with Gasteiger partial charge in [0.15, 0.2) is 0 Å². The van der Waals surface area contributed by atoms with Crippen molar-refractivity contribution in [3.63, 3.8) is 0 Å². The number of anilines is 2. The van der Waals surface area contributed by atoms with Gasteiger partial charge < -0.3 is 15.3 Å². The predicted octanol–water partition coefficient (Wildman–Crippen LogP) is 5.49. The summed E-state index contributed by atoms with van der Waals surface area (Å²) in [7, 11) is 0. The molecule has 1 saturated carbocycles. The van der Waals surface area contributed by atoms with Crippen LogP contribution in [-0.2, 0) is 4.79 Å². The Morgan fingerprint density at radius 1 is 1.09 bits per heavy atom. The second-order valence-corrected chi connectivity index (χ2v) is 9.88. The number of nitrogens with one attached hydrogen (secondary N) is 1. The molecule has 0 radical (unpaired) electrons. The molecule has 1 aliphatic heterocycles. The van der Waals surface area contributed by atoms with Gasteiger partial charge in [-0.25, -0.2) is 0 Å². The van der Waals surface area contributed by atoms with Gasteiger partial charge >= 0.3 is 0 Å². The molecule has 4 rings (SSSR count). The second-order valence-electron chi connectivity index (χ2n) is 9.44. The molecule has 1 amide bonds. The Morgan fingerprint density at radius 3 is 2.45 bits per heavy atom. The van der Waals surface area contributed by atoms with Crippen molar-refractivity contribution in [2.24, 2.45) is 5.92 Å². The Labute approximate surface area is 202 Å². The molecular weight excluding hydrogens is 434 g/mol. The van der Waals surface area contributed by atoms with E-state index in [4.69, 9.17) is 11.6 Å². The van der Waals surface area contributed by atoms with Crippen LogP contribution < -0.4 is 10.2 Å². The van der Waals surface area contributed by atoms with Gasteiger partial charge in [-0.05, 0) is 75.1 Å².